The van der Waals surface area contributed by atoms with Gasteiger partial charge in [-0.05, 0) is 73.3 Å². The third kappa shape index (κ3) is 5.97. The van der Waals surface area contributed by atoms with E-state index in [1.54, 1.807) is 66.8 Å². The Bertz CT molecular complexity index is 1260. The highest BCUT2D eigenvalue weighted by Gasteiger charge is 2.46. The first-order chi connectivity index (χ1) is 17.9. The number of hydrogen-bond donors (Lipinski definition) is 1. The molecule has 4 rings (SSSR count). The summed E-state index contributed by atoms with van der Waals surface area (Å²) in [6.07, 6.45) is 0.363. The third-order valence-electron chi connectivity index (χ3n) is 5.89. The minimum Gasteiger partial charge on any atom is -0.497 e. The number of rotatable bonds is 10. The zero-order chi connectivity index (χ0) is 26.4. The minimum atomic E-state index is -0.951. The minimum absolute atomic E-state index is 0.207. The summed E-state index contributed by atoms with van der Waals surface area (Å²) in [5.41, 5.74) is 1.24. The Morgan fingerprint density at radius 2 is 1.76 bits per heavy atom. The number of carbonyl (C=O) groups excluding carboxylic acids is 4. The average Bonchev–Trinajstić information content (AvgIpc) is 3.50. The Labute approximate surface area is 218 Å². The van der Waals surface area contributed by atoms with Crippen LogP contribution in [-0.2, 0) is 20.7 Å². The monoisotopic (exact) mass is 521 g/mol. The van der Waals surface area contributed by atoms with Crippen LogP contribution in [0.2, 0.25) is 0 Å². The summed E-state index contributed by atoms with van der Waals surface area (Å²) >= 11 is 1.57. The highest BCUT2D eigenvalue weighted by Crippen LogP contribution is 2.29. The number of methoxy groups -OCH3 is 1. The second kappa shape index (κ2) is 11.7. The van der Waals surface area contributed by atoms with Crippen molar-refractivity contribution in [3.05, 3.63) is 76.5 Å². The number of benzene rings is 2. The number of urea groups is 1. The fourth-order valence-electron chi connectivity index (χ4n) is 4.03. The van der Waals surface area contributed by atoms with Crippen LogP contribution in [0.5, 0.6) is 5.75 Å². The summed E-state index contributed by atoms with van der Waals surface area (Å²) in [5.74, 6) is -0.736. The van der Waals surface area contributed by atoms with Crippen molar-refractivity contribution in [3.63, 3.8) is 0 Å². The lowest BCUT2D eigenvalue weighted by Gasteiger charge is -2.21. The highest BCUT2D eigenvalue weighted by atomic mass is 32.1. The van der Waals surface area contributed by atoms with Crippen LogP contribution in [0.3, 0.4) is 0 Å². The number of nitrogens with zero attached hydrogens (tertiary/aromatic N) is 2. The summed E-state index contributed by atoms with van der Waals surface area (Å²) in [5, 5.41) is 4.70. The van der Waals surface area contributed by atoms with Gasteiger partial charge in [0.1, 0.15) is 11.8 Å². The predicted molar refractivity (Wildman–Crippen MR) is 140 cm³/mol. The smallest absolute Gasteiger partial charge is 0.338 e. The van der Waals surface area contributed by atoms with E-state index in [1.165, 1.54) is 12.0 Å². The molecule has 3 aromatic rings. The van der Waals surface area contributed by atoms with Gasteiger partial charge in [-0.2, -0.15) is 0 Å². The Hall–Kier alpha value is -4.18. The number of esters is 1. The molecule has 0 saturated carbocycles. The third-order valence-corrected chi connectivity index (χ3v) is 6.82. The van der Waals surface area contributed by atoms with Gasteiger partial charge in [-0.15, -0.1) is 11.3 Å². The standard InChI is InChI=1S/C27H27N3O6S/c1-3-36-26(33)18-6-8-19(9-7-18)28-24(31)17-23-25(32)30(20-10-12-21(35-2)13-11-20)27(34)29(23)15-14-22-5-4-16-37-22/h4-13,16,23H,3,14-15,17H2,1-2H3,(H,28,31). The molecule has 1 aliphatic heterocycles. The van der Waals surface area contributed by atoms with Gasteiger partial charge in [0.25, 0.3) is 5.91 Å². The summed E-state index contributed by atoms with van der Waals surface area (Å²) in [7, 11) is 1.53. The van der Waals surface area contributed by atoms with Crippen LogP contribution in [0.4, 0.5) is 16.2 Å². The van der Waals surface area contributed by atoms with Gasteiger partial charge in [0.2, 0.25) is 5.91 Å². The van der Waals surface area contributed by atoms with Crippen LogP contribution in [0.1, 0.15) is 28.6 Å². The number of thiophene rings is 1. The molecule has 4 amide bonds. The number of anilines is 2. The summed E-state index contributed by atoms with van der Waals surface area (Å²) in [6.45, 7) is 2.28. The topological polar surface area (TPSA) is 105 Å². The van der Waals surface area contributed by atoms with Gasteiger partial charge >= 0.3 is 12.0 Å². The Balaban J connectivity index is 1.50. The van der Waals surface area contributed by atoms with Crippen molar-refractivity contribution in [2.75, 3.05) is 30.5 Å². The van der Waals surface area contributed by atoms with Gasteiger partial charge in [0.05, 0.1) is 31.4 Å². The first-order valence-corrected chi connectivity index (χ1v) is 12.7. The molecule has 0 bridgehead atoms. The van der Waals surface area contributed by atoms with E-state index in [9.17, 15) is 19.2 Å². The summed E-state index contributed by atoms with van der Waals surface area (Å²) in [6, 6.07) is 15.4. The van der Waals surface area contributed by atoms with Crippen LogP contribution < -0.4 is 15.0 Å². The Morgan fingerprint density at radius 3 is 2.38 bits per heavy atom. The molecule has 1 aliphatic rings. The van der Waals surface area contributed by atoms with Crippen LogP contribution in [0.15, 0.2) is 66.0 Å². The van der Waals surface area contributed by atoms with Crippen molar-refractivity contribution in [1.29, 1.82) is 0 Å². The lowest BCUT2D eigenvalue weighted by Crippen LogP contribution is -2.39. The molecule has 1 fully saturated rings. The summed E-state index contributed by atoms with van der Waals surface area (Å²) < 4.78 is 10.1. The number of nitrogens with one attached hydrogen (secondary N) is 1. The Kier molecular flexibility index (Phi) is 8.19. The lowest BCUT2D eigenvalue weighted by atomic mass is 10.1. The van der Waals surface area contributed by atoms with E-state index in [2.05, 4.69) is 5.32 Å². The van der Waals surface area contributed by atoms with Crippen LogP contribution in [0, 0.1) is 0 Å². The maximum absolute atomic E-state index is 13.4. The quantitative estimate of drug-likeness (QED) is 0.314. The molecule has 1 unspecified atom stereocenters. The Morgan fingerprint density at radius 1 is 1.03 bits per heavy atom. The van der Waals surface area contributed by atoms with Crippen LogP contribution in [0.25, 0.3) is 0 Å². The molecule has 0 radical (unpaired) electrons. The second-order valence-electron chi connectivity index (χ2n) is 8.24. The van der Waals surface area contributed by atoms with E-state index >= 15 is 0 Å². The number of amides is 4. The van der Waals surface area contributed by atoms with Gasteiger partial charge in [-0.1, -0.05) is 6.07 Å². The molecule has 1 N–H and O–H groups in total. The SMILES string of the molecule is CCOC(=O)c1ccc(NC(=O)CC2C(=O)N(c3ccc(OC)cc3)C(=O)N2CCc2cccs2)cc1. The summed E-state index contributed by atoms with van der Waals surface area (Å²) in [4.78, 5) is 55.2. The molecular formula is C27H27N3O6S. The van der Waals surface area contributed by atoms with Crippen molar-refractivity contribution in [2.24, 2.45) is 0 Å². The van der Waals surface area contributed by atoms with E-state index in [4.69, 9.17) is 9.47 Å². The fourth-order valence-corrected chi connectivity index (χ4v) is 4.73. The number of ether oxygens (including phenoxy) is 2. The van der Waals surface area contributed by atoms with Gasteiger partial charge in [-0.3, -0.25) is 9.59 Å². The van der Waals surface area contributed by atoms with E-state index in [0.29, 0.717) is 35.7 Å². The molecule has 2 heterocycles. The van der Waals surface area contributed by atoms with Crippen LogP contribution >= 0.6 is 11.3 Å². The largest absolute Gasteiger partial charge is 0.497 e. The lowest BCUT2D eigenvalue weighted by molar-refractivity contribution is -0.124. The fraction of sp³-hybridized carbons (Fsp3) is 0.259. The first kappa shape index (κ1) is 25.9. The van der Waals surface area contributed by atoms with Gasteiger partial charge < -0.3 is 19.7 Å². The molecule has 1 atom stereocenters. The van der Waals surface area contributed by atoms with E-state index in [-0.39, 0.29) is 13.0 Å². The van der Waals surface area contributed by atoms with Crippen LogP contribution in [-0.4, -0.2) is 55.0 Å². The molecule has 0 spiro atoms. The van der Waals surface area contributed by atoms with Crippen molar-refractivity contribution >= 4 is 46.5 Å². The highest BCUT2D eigenvalue weighted by molar-refractivity contribution is 7.09. The van der Waals surface area contributed by atoms with Gasteiger partial charge in [-0.25, -0.2) is 14.5 Å². The maximum Gasteiger partial charge on any atom is 0.338 e. The normalized spacial score (nSPS) is 15.1. The zero-order valence-electron chi connectivity index (χ0n) is 20.5. The second-order valence-corrected chi connectivity index (χ2v) is 9.28. The number of carbonyl (C=O) groups is 4. The molecule has 9 nitrogen and oxygen atoms in total. The molecule has 37 heavy (non-hydrogen) atoms. The van der Waals surface area contributed by atoms with E-state index < -0.39 is 29.9 Å². The molecule has 1 aromatic heterocycles. The molecule has 0 aliphatic carbocycles. The van der Waals surface area contributed by atoms with Crippen molar-refractivity contribution in [1.82, 2.24) is 4.90 Å². The predicted octanol–water partition coefficient (Wildman–Crippen LogP) is 4.34. The zero-order valence-corrected chi connectivity index (χ0v) is 21.3. The van der Waals surface area contributed by atoms with Crippen molar-refractivity contribution < 1.29 is 28.7 Å². The molecule has 1 saturated heterocycles. The van der Waals surface area contributed by atoms with E-state index in [0.717, 1.165) is 9.78 Å². The van der Waals surface area contributed by atoms with Crippen molar-refractivity contribution in [2.45, 2.75) is 25.8 Å². The van der Waals surface area contributed by atoms with Gasteiger partial charge in [0, 0.05) is 17.1 Å². The van der Waals surface area contributed by atoms with E-state index in [1.807, 2.05) is 17.5 Å². The molecule has 2 aromatic carbocycles. The van der Waals surface area contributed by atoms with Gasteiger partial charge in [0.15, 0.2) is 0 Å². The molecular weight excluding hydrogens is 494 g/mol. The number of imide groups is 1. The van der Waals surface area contributed by atoms with Crippen molar-refractivity contribution in [3.8, 4) is 5.75 Å². The molecule has 10 heteroatoms. The maximum atomic E-state index is 13.4. The first-order valence-electron chi connectivity index (χ1n) is 11.8. The molecule has 192 valence electrons. The number of hydrogen-bond acceptors (Lipinski definition) is 7. The average molecular weight is 522 g/mol.